The molecule has 1 aromatic heterocycles. The molecule has 1 saturated carbocycles. The molecule has 0 spiro atoms. The molecule has 1 saturated heterocycles. The molecule has 1 aromatic rings. The van der Waals surface area contributed by atoms with Crippen molar-refractivity contribution >= 4 is 5.82 Å². The molecule has 0 amide bonds. The molecule has 4 heteroatoms. The molecule has 3 rings (SSSR count). The third-order valence-corrected chi connectivity index (χ3v) is 3.35. The van der Waals surface area contributed by atoms with E-state index < -0.39 is 5.95 Å². The van der Waals surface area contributed by atoms with Crippen molar-refractivity contribution < 1.29 is 4.39 Å². The average Bonchev–Trinajstić information content (AvgIpc) is 3.01. The molecule has 16 heavy (non-hydrogen) atoms. The molecule has 2 heterocycles. The summed E-state index contributed by atoms with van der Waals surface area (Å²) in [5, 5.41) is 3.30. The third-order valence-electron chi connectivity index (χ3n) is 3.35. The van der Waals surface area contributed by atoms with E-state index in [0.29, 0.717) is 11.9 Å². The second-order valence-electron chi connectivity index (χ2n) is 4.70. The van der Waals surface area contributed by atoms with Crippen LogP contribution >= 0.6 is 0 Å². The van der Waals surface area contributed by atoms with Crippen molar-refractivity contribution in [1.82, 2.24) is 9.88 Å². The molecule has 3 nitrogen and oxygen atoms in total. The molecule has 2 fully saturated rings. The minimum Gasteiger partial charge on any atom is -0.366 e. The lowest BCUT2D eigenvalue weighted by Gasteiger charge is -2.16. The van der Waals surface area contributed by atoms with Gasteiger partial charge in [-0.1, -0.05) is 6.07 Å². The summed E-state index contributed by atoms with van der Waals surface area (Å²) >= 11 is 0. The maximum Gasteiger partial charge on any atom is 0.214 e. The highest BCUT2D eigenvalue weighted by Gasteiger charge is 2.34. The fraction of sp³-hybridized carbons (Fsp3) is 0.583. The summed E-state index contributed by atoms with van der Waals surface area (Å²) in [6, 6.07) is 6.14. The van der Waals surface area contributed by atoms with Gasteiger partial charge in [0.1, 0.15) is 5.82 Å². The molecule has 2 aliphatic rings. The van der Waals surface area contributed by atoms with Crippen molar-refractivity contribution in [3.05, 3.63) is 24.1 Å². The number of nitrogens with zero attached hydrogens (tertiary/aromatic N) is 2. The number of anilines is 1. The van der Waals surface area contributed by atoms with Gasteiger partial charge in [0, 0.05) is 25.2 Å². The zero-order valence-electron chi connectivity index (χ0n) is 9.19. The van der Waals surface area contributed by atoms with Crippen LogP contribution in [0, 0.1) is 5.95 Å². The van der Waals surface area contributed by atoms with Crippen molar-refractivity contribution in [3.8, 4) is 0 Å². The first kappa shape index (κ1) is 10.0. The molecule has 1 aliphatic carbocycles. The predicted molar refractivity (Wildman–Crippen MR) is 60.8 cm³/mol. The first-order valence-electron chi connectivity index (χ1n) is 5.94. The van der Waals surface area contributed by atoms with Gasteiger partial charge in [0.15, 0.2) is 0 Å². The summed E-state index contributed by atoms with van der Waals surface area (Å²) in [7, 11) is 0. The summed E-state index contributed by atoms with van der Waals surface area (Å²) in [5.41, 5.74) is 0. The van der Waals surface area contributed by atoms with Crippen molar-refractivity contribution in [2.45, 2.75) is 31.3 Å². The summed E-state index contributed by atoms with van der Waals surface area (Å²) in [6.07, 6.45) is 3.84. The van der Waals surface area contributed by atoms with Crippen LogP contribution in [0.1, 0.15) is 19.3 Å². The second kappa shape index (κ2) is 4.01. The normalized spacial score (nSPS) is 25.9. The molecule has 0 radical (unpaired) electrons. The summed E-state index contributed by atoms with van der Waals surface area (Å²) in [6.45, 7) is 2.24. The lowest BCUT2D eigenvalue weighted by Crippen LogP contribution is -2.28. The van der Waals surface area contributed by atoms with Crippen LogP contribution in [0.4, 0.5) is 10.2 Å². The van der Waals surface area contributed by atoms with E-state index >= 15 is 0 Å². The van der Waals surface area contributed by atoms with Crippen LogP contribution < -0.4 is 5.32 Å². The summed E-state index contributed by atoms with van der Waals surface area (Å²) in [4.78, 5) is 6.35. The number of hydrogen-bond donors (Lipinski definition) is 1. The zero-order chi connectivity index (χ0) is 11.0. The van der Waals surface area contributed by atoms with Crippen molar-refractivity contribution in [1.29, 1.82) is 0 Å². The van der Waals surface area contributed by atoms with Crippen LogP contribution in [-0.4, -0.2) is 35.1 Å². The van der Waals surface area contributed by atoms with Gasteiger partial charge >= 0.3 is 0 Å². The van der Waals surface area contributed by atoms with Gasteiger partial charge in [0.05, 0.1) is 0 Å². The Morgan fingerprint density at radius 1 is 1.31 bits per heavy atom. The van der Waals surface area contributed by atoms with Crippen LogP contribution in [0.3, 0.4) is 0 Å². The maximum atomic E-state index is 12.9. The Morgan fingerprint density at radius 3 is 2.94 bits per heavy atom. The number of hydrogen-bond acceptors (Lipinski definition) is 3. The maximum absolute atomic E-state index is 12.9. The highest BCUT2D eigenvalue weighted by Crippen LogP contribution is 2.30. The van der Waals surface area contributed by atoms with E-state index in [-0.39, 0.29) is 0 Å². The lowest BCUT2D eigenvalue weighted by atomic mass is 10.2. The zero-order valence-corrected chi connectivity index (χ0v) is 9.19. The Labute approximate surface area is 94.7 Å². The fourth-order valence-electron chi connectivity index (χ4n) is 2.37. The highest BCUT2D eigenvalue weighted by atomic mass is 19.1. The Kier molecular flexibility index (Phi) is 2.52. The van der Waals surface area contributed by atoms with Crippen LogP contribution in [0.15, 0.2) is 18.2 Å². The first-order valence-corrected chi connectivity index (χ1v) is 5.94. The molecule has 1 atom stereocenters. The van der Waals surface area contributed by atoms with Crippen LogP contribution in [-0.2, 0) is 0 Å². The third kappa shape index (κ3) is 2.16. The van der Waals surface area contributed by atoms with E-state index in [1.807, 2.05) is 6.07 Å². The summed E-state index contributed by atoms with van der Waals surface area (Å²) < 4.78 is 12.9. The minimum atomic E-state index is -0.415. The second-order valence-corrected chi connectivity index (χ2v) is 4.70. The molecular weight excluding hydrogens is 205 g/mol. The van der Waals surface area contributed by atoms with Gasteiger partial charge in [-0.25, -0.2) is 4.98 Å². The Morgan fingerprint density at radius 2 is 2.19 bits per heavy atom. The molecule has 1 N–H and O–H groups in total. The largest absolute Gasteiger partial charge is 0.366 e. The average molecular weight is 221 g/mol. The molecular formula is C12H16FN3. The predicted octanol–water partition coefficient (Wildman–Crippen LogP) is 1.87. The number of rotatable bonds is 3. The van der Waals surface area contributed by atoms with E-state index in [0.717, 1.165) is 25.6 Å². The number of likely N-dealkylation sites (tertiary alicyclic amines) is 1. The van der Waals surface area contributed by atoms with Gasteiger partial charge in [-0.3, -0.25) is 4.90 Å². The first-order chi connectivity index (χ1) is 7.81. The molecule has 0 bridgehead atoms. The van der Waals surface area contributed by atoms with Gasteiger partial charge in [0.2, 0.25) is 5.95 Å². The number of pyridine rings is 1. The SMILES string of the molecule is Fc1cccc(NC2CCN(C3CC3)C2)n1. The Hall–Kier alpha value is -1.16. The summed E-state index contributed by atoms with van der Waals surface area (Å²) in [5.74, 6) is 0.240. The monoisotopic (exact) mass is 221 g/mol. The quantitative estimate of drug-likeness (QED) is 0.790. The van der Waals surface area contributed by atoms with Crippen LogP contribution in [0.2, 0.25) is 0 Å². The van der Waals surface area contributed by atoms with E-state index in [9.17, 15) is 4.39 Å². The van der Waals surface area contributed by atoms with E-state index in [2.05, 4.69) is 15.2 Å². The highest BCUT2D eigenvalue weighted by molar-refractivity contribution is 5.35. The smallest absolute Gasteiger partial charge is 0.214 e. The number of aromatic nitrogens is 1. The van der Waals surface area contributed by atoms with Gasteiger partial charge in [0.25, 0.3) is 0 Å². The number of halogens is 1. The molecule has 1 aliphatic heterocycles. The van der Waals surface area contributed by atoms with Crippen LogP contribution in [0.5, 0.6) is 0 Å². The van der Waals surface area contributed by atoms with Gasteiger partial charge < -0.3 is 5.32 Å². The number of nitrogens with one attached hydrogen (secondary N) is 1. The fourth-order valence-corrected chi connectivity index (χ4v) is 2.37. The van der Waals surface area contributed by atoms with Crippen molar-refractivity contribution in [2.75, 3.05) is 18.4 Å². The lowest BCUT2D eigenvalue weighted by molar-refractivity contribution is 0.326. The molecule has 0 aromatic carbocycles. The van der Waals surface area contributed by atoms with E-state index in [1.54, 1.807) is 6.07 Å². The standard InChI is InChI=1S/C12H16FN3/c13-11-2-1-3-12(15-11)14-9-6-7-16(8-9)10-4-5-10/h1-3,9-10H,4-8H2,(H,14,15). The van der Waals surface area contributed by atoms with E-state index in [1.165, 1.54) is 18.9 Å². The van der Waals surface area contributed by atoms with Crippen molar-refractivity contribution in [2.24, 2.45) is 0 Å². The van der Waals surface area contributed by atoms with Gasteiger partial charge in [-0.2, -0.15) is 4.39 Å². The Balaban J connectivity index is 1.59. The minimum absolute atomic E-state index is 0.415. The van der Waals surface area contributed by atoms with Crippen LogP contribution in [0.25, 0.3) is 0 Å². The molecule has 86 valence electrons. The van der Waals surface area contributed by atoms with E-state index in [4.69, 9.17) is 0 Å². The van der Waals surface area contributed by atoms with Crippen molar-refractivity contribution in [3.63, 3.8) is 0 Å². The van der Waals surface area contributed by atoms with Gasteiger partial charge in [-0.05, 0) is 31.4 Å². The molecule has 1 unspecified atom stereocenters. The van der Waals surface area contributed by atoms with Gasteiger partial charge in [-0.15, -0.1) is 0 Å². The Bertz CT molecular complexity index is 378. The topological polar surface area (TPSA) is 28.2 Å².